The maximum absolute atomic E-state index is 12.5. The second kappa shape index (κ2) is 8.69. The smallest absolute Gasteiger partial charge is 0.407 e. The van der Waals surface area contributed by atoms with Crippen LogP contribution >= 0.6 is 11.8 Å². The molecule has 0 aliphatic carbocycles. The molecule has 0 aromatic heterocycles. The van der Waals surface area contributed by atoms with E-state index in [-0.39, 0.29) is 12.0 Å². The molecule has 2 aliphatic heterocycles. The number of allylic oxidation sites excluding steroid dienone is 1. The Morgan fingerprint density at radius 2 is 1.97 bits per heavy atom. The number of thioether (sulfide) groups is 1. The number of nitrogens with zero attached hydrogens (tertiary/aromatic N) is 1. The molecule has 1 amide bonds. The Kier molecular flexibility index (Phi) is 6.56. The summed E-state index contributed by atoms with van der Waals surface area (Å²) in [4.78, 5) is 29.4. The molecule has 2 atom stereocenters. The highest BCUT2D eigenvalue weighted by atomic mass is 32.2. The lowest BCUT2D eigenvalue weighted by atomic mass is 9.59. The van der Waals surface area contributed by atoms with Gasteiger partial charge in [0.05, 0.1) is 22.8 Å². The van der Waals surface area contributed by atoms with E-state index in [1.165, 1.54) is 6.08 Å². The fraction of sp³-hybridized carbons (Fsp3) is 0.542. The fourth-order valence-electron chi connectivity index (χ4n) is 4.27. The van der Waals surface area contributed by atoms with Crippen molar-refractivity contribution in [3.63, 3.8) is 0 Å². The van der Waals surface area contributed by atoms with Crippen LogP contribution in [-0.4, -0.2) is 41.1 Å². The van der Waals surface area contributed by atoms with Gasteiger partial charge in [0.1, 0.15) is 5.60 Å². The zero-order chi connectivity index (χ0) is 22.9. The summed E-state index contributed by atoms with van der Waals surface area (Å²) < 4.78 is 10.6. The van der Waals surface area contributed by atoms with Crippen molar-refractivity contribution in [2.45, 2.75) is 65.0 Å². The Bertz CT molecular complexity index is 916. The molecule has 7 heteroatoms. The van der Waals surface area contributed by atoms with Gasteiger partial charge in [0.15, 0.2) is 0 Å². The molecule has 0 saturated carbocycles. The van der Waals surface area contributed by atoms with Gasteiger partial charge in [-0.25, -0.2) is 14.6 Å². The summed E-state index contributed by atoms with van der Waals surface area (Å²) in [6.07, 6.45) is 3.67. The van der Waals surface area contributed by atoms with Crippen molar-refractivity contribution in [2.24, 2.45) is 10.4 Å². The molecule has 0 spiro atoms. The molecular formula is C24H32N2O4S. The maximum Gasteiger partial charge on any atom is 0.407 e. The van der Waals surface area contributed by atoms with Gasteiger partial charge in [0.25, 0.3) is 0 Å². The average Bonchev–Trinajstić information content (AvgIpc) is 3.01. The number of aliphatic imine (C=N–C) groups is 1. The van der Waals surface area contributed by atoms with Crippen LogP contribution in [-0.2, 0) is 19.7 Å². The van der Waals surface area contributed by atoms with Gasteiger partial charge in [-0.2, -0.15) is 0 Å². The molecule has 1 aromatic carbocycles. The zero-order valence-electron chi connectivity index (χ0n) is 19.2. The van der Waals surface area contributed by atoms with Crippen LogP contribution in [0.5, 0.6) is 0 Å². The van der Waals surface area contributed by atoms with Crippen LogP contribution in [0.4, 0.5) is 10.5 Å². The summed E-state index contributed by atoms with van der Waals surface area (Å²) in [6, 6.07) is 8.02. The second-order valence-electron chi connectivity index (χ2n) is 9.50. The lowest BCUT2D eigenvalue weighted by Crippen LogP contribution is -2.54. The van der Waals surface area contributed by atoms with E-state index < -0.39 is 22.5 Å². The summed E-state index contributed by atoms with van der Waals surface area (Å²) in [5, 5.41) is 4.07. The molecule has 2 heterocycles. The van der Waals surface area contributed by atoms with Crippen molar-refractivity contribution in [3.05, 3.63) is 42.0 Å². The van der Waals surface area contributed by atoms with Crippen molar-refractivity contribution in [1.82, 2.24) is 5.32 Å². The summed E-state index contributed by atoms with van der Waals surface area (Å²) in [5.41, 5.74) is 0.589. The van der Waals surface area contributed by atoms with Gasteiger partial charge < -0.3 is 14.8 Å². The Morgan fingerprint density at radius 1 is 1.26 bits per heavy atom. The van der Waals surface area contributed by atoms with E-state index in [4.69, 9.17) is 14.5 Å². The number of hydrogen-bond donors (Lipinski definition) is 1. The van der Waals surface area contributed by atoms with Gasteiger partial charge in [0, 0.05) is 17.9 Å². The van der Waals surface area contributed by atoms with Crippen LogP contribution in [0.25, 0.3) is 0 Å². The average molecular weight is 445 g/mol. The third-order valence-electron chi connectivity index (χ3n) is 5.67. The van der Waals surface area contributed by atoms with Crippen LogP contribution in [0, 0.1) is 5.41 Å². The Balaban J connectivity index is 1.96. The molecule has 0 bridgehead atoms. The highest BCUT2D eigenvalue weighted by Gasteiger charge is 2.56. The molecule has 1 saturated heterocycles. The number of hydrogen-bond acceptors (Lipinski definition) is 6. The van der Waals surface area contributed by atoms with Crippen LogP contribution in [0.2, 0.25) is 0 Å². The first-order valence-electron chi connectivity index (χ1n) is 10.7. The van der Waals surface area contributed by atoms with Gasteiger partial charge in [-0.15, -0.1) is 11.8 Å². The fourth-order valence-corrected chi connectivity index (χ4v) is 5.70. The minimum atomic E-state index is -0.558. The minimum absolute atomic E-state index is 0.0970. The van der Waals surface area contributed by atoms with E-state index in [0.717, 1.165) is 16.3 Å². The number of fused-ring (bicyclic) bond motifs is 3. The van der Waals surface area contributed by atoms with E-state index >= 15 is 0 Å². The number of alkyl carbamates (subject to hydrolysis) is 1. The maximum atomic E-state index is 12.5. The Morgan fingerprint density at radius 3 is 2.65 bits per heavy atom. The summed E-state index contributed by atoms with van der Waals surface area (Å²) in [7, 11) is 0. The zero-order valence-corrected chi connectivity index (χ0v) is 20.0. The summed E-state index contributed by atoms with van der Waals surface area (Å²) in [5.74, 6) is 0.356. The standard InChI is InChI=1S/C24H32N2O4S/c1-7-29-19(27)12-13-23(5,6)24-14-16(25-21(28)30-22(2,3)4)15-31-20(24)26-18-11-9-8-10-17(18)24/h8-13,16H,7,14-15H2,1-6H3,(H,25,28)/b13-12+/t16-,24+/m0/s1. The van der Waals surface area contributed by atoms with Crippen LogP contribution in [0.1, 0.15) is 53.5 Å². The van der Waals surface area contributed by atoms with E-state index in [1.807, 2.05) is 45.0 Å². The third-order valence-corrected chi connectivity index (χ3v) is 6.95. The highest BCUT2D eigenvalue weighted by molar-refractivity contribution is 8.14. The van der Waals surface area contributed by atoms with E-state index in [2.05, 4.69) is 25.2 Å². The number of carbonyl (C=O) groups is 2. The van der Waals surface area contributed by atoms with Gasteiger partial charge >= 0.3 is 12.1 Å². The second-order valence-corrected chi connectivity index (χ2v) is 10.5. The van der Waals surface area contributed by atoms with Crippen LogP contribution in [0.15, 0.2) is 41.4 Å². The van der Waals surface area contributed by atoms with Crippen molar-refractivity contribution in [2.75, 3.05) is 12.4 Å². The predicted molar refractivity (Wildman–Crippen MR) is 125 cm³/mol. The van der Waals surface area contributed by atoms with Gasteiger partial charge in [-0.05, 0) is 51.2 Å². The summed E-state index contributed by atoms with van der Waals surface area (Å²) >= 11 is 1.66. The minimum Gasteiger partial charge on any atom is -0.463 e. The molecule has 0 radical (unpaired) electrons. The SMILES string of the molecule is CCOC(=O)/C=C/C(C)(C)[C@@]12C[C@H](NC(=O)OC(C)(C)C)CSC1=Nc1ccccc12. The molecule has 0 unspecified atom stereocenters. The van der Waals surface area contributed by atoms with Crippen molar-refractivity contribution in [3.8, 4) is 0 Å². The van der Waals surface area contributed by atoms with Gasteiger partial charge in [-0.3, -0.25) is 0 Å². The van der Waals surface area contributed by atoms with Crippen LogP contribution in [0.3, 0.4) is 0 Å². The molecule has 1 N–H and O–H groups in total. The van der Waals surface area contributed by atoms with Gasteiger partial charge in [0.2, 0.25) is 0 Å². The molecular weight excluding hydrogens is 412 g/mol. The number of rotatable bonds is 5. The quantitative estimate of drug-likeness (QED) is 0.502. The number of carbonyl (C=O) groups excluding carboxylic acids is 2. The van der Waals surface area contributed by atoms with E-state index in [1.54, 1.807) is 18.7 Å². The molecule has 168 valence electrons. The largest absolute Gasteiger partial charge is 0.463 e. The molecule has 31 heavy (non-hydrogen) atoms. The number of para-hydroxylation sites is 1. The lowest BCUT2D eigenvalue weighted by Gasteiger charge is -2.48. The van der Waals surface area contributed by atoms with Crippen molar-refractivity contribution in [1.29, 1.82) is 0 Å². The number of benzene rings is 1. The molecule has 1 aromatic rings. The highest BCUT2D eigenvalue weighted by Crippen LogP contribution is 2.58. The predicted octanol–water partition coefficient (Wildman–Crippen LogP) is 5.14. The topological polar surface area (TPSA) is 77.0 Å². The van der Waals surface area contributed by atoms with E-state index in [0.29, 0.717) is 18.8 Å². The number of ether oxygens (including phenoxy) is 2. The Labute approximate surface area is 188 Å². The Hall–Kier alpha value is -2.28. The third kappa shape index (κ3) is 4.81. The summed E-state index contributed by atoms with van der Waals surface area (Å²) in [6.45, 7) is 11.9. The lowest BCUT2D eigenvalue weighted by molar-refractivity contribution is -0.137. The van der Waals surface area contributed by atoms with E-state index in [9.17, 15) is 9.59 Å². The number of nitrogens with one attached hydrogen (secondary N) is 1. The van der Waals surface area contributed by atoms with Crippen molar-refractivity contribution >= 4 is 34.6 Å². The molecule has 2 aliphatic rings. The van der Waals surface area contributed by atoms with Crippen molar-refractivity contribution < 1.29 is 19.1 Å². The number of amides is 1. The molecule has 1 fully saturated rings. The first-order valence-corrected chi connectivity index (χ1v) is 11.6. The first-order chi connectivity index (χ1) is 14.5. The normalized spacial score (nSPS) is 23.0. The molecule has 6 nitrogen and oxygen atoms in total. The number of esters is 1. The van der Waals surface area contributed by atoms with Crippen LogP contribution < -0.4 is 5.32 Å². The molecule has 3 rings (SSSR count). The van der Waals surface area contributed by atoms with Gasteiger partial charge in [-0.1, -0.05) is 38.1 Å². The first kappa shape index (κ1) is 23.4. The monoisotopic (exact) mass is 444 g/mol.